The summed E-state index contributed by atoms with van der Waals surface area (Å²) in [5.41, 5.74) is 6.99. The van der Waals surface area contributed by atoms with Gasteiger partial charge in [-0.1, -0.05) is 12.1 Å². The average Bonchev–Trinajstić information content (AvgIpc) is 2.38. The van der Waals surface area contributed by atoms with Gasteiger partial charge >= 0.3 is 5.69 Å². The Morgan fingerprint density at radius 3 is 2.74 bits per heavy atom. The average molecular weight is 254 g/mol. The first-order valence-corrected chi connectivity index (χ1v) is 5.62. The summed E-state index contributed by atoms with van der Waals surface area (Å²) >= 11 is 0. The topological polar surface area (TPSA) is 105 Å². The highest BCUT2D eigenvalue weighted by Crippen LogP contribution is 2.23. The van der Waals surface area contributed by atoms with Crippen molar-refractivity contribution in [2.45, 2.75) is 0 Å². The van der Waals surface area contributed by atoms with E-state index >= 15 is 0 Å². The van der Waals surface area contributed by atoms with E-state index in [1.165, 1.54) is 6.20 Å². The number of pyridine rings is 1. The van der Waals surface area contributed by atoms with E-state index in [4.69, 9.17) is 5.73 Å². The molecule has 2 heterocycles. The Bertz CT molecular complexity index is 879. The zero-order chi connectivity index (χ0) is 13.4. The lowest BCUT2D eigenvalue weighted by Crippen LogP contribution is -2.22. The largest absolute Gasteiger partial charge is 0.399 e. The second kappa shape index (κ2) is 4.09. The van der Waals surface area contributed by atoms with E-state index in [9.17, 15) is 9.59 Å². The lowest BCUT2D eigenvalue weighted by molar-refractivity contribution is 1.08. The van der Waals surface area contributed by atoms with Gasteiger partial charge in [-0.3, -0.25) is 14.8 Å². The smallest absolute Gasteiger partial charge is 0.326 e. The fourth-order valence-corrected chi connectivity index (χ4v) is 2.00. The summed E-state index contributed by atoms with van der Waals surface area (Å²) in [7, 11) is 0. The third-order valence-corrected chi connectivity index (χ3v) is 2.82. The molecule has 0 amide bonds. The quantitative estimate of drug-likeness (QED) is 0.560. The van der Waals surface area contributed by atoms with Crippen LogP contribution in [0.3, 0.4) is 0 Å². The molecular formula is C13H10N4O2. The molecule has 19 heavy (non-hydrogen) atoms. The number of hydrogen-bond acceptors (Lipinski definition) is 4. The van der Waals surface area contributed by atoms with Gasteiger partial charge in [-0.15, -0.1) is 0 Å². The molecule has 2 aromatic heterocycles. The zero-order valence-electron chi connectivity index (χ0n) is 9.81. The van der Waals surface area contributed by atoms with Crippen molar-refractivity contribution in [1.29, 1.82) is 0 Å². The van der Waals surface area contributed by atoms with Gasteiger partial charge in [-0.05, 0) is 18.2 Å². The maximum absolute atomic E-state index is 11.7. The summed E-state index contributed by atoms with van der Waals surface area (Å²) < 4.78 is 0. The summed E-state index contributed by atoms with van der Waals surface area (Å²) in [6.45, 7) is 0. The van der Waals surface area contributed by atoms with E-state index in [-0.39, 0.29) is 0 Å². The molecule has 6 heteroatoms. The predicted octanol–water partition coefficient (Wildman–Crippen LogP) is 0.861. The van der Waals surface area contributed by atoms with E-state index < -0.39 is 11.2 Å². The van der Waals surface area contributed by atoms with Crippen molar-refractivity contribution < 1.29 is 0 Å². The van der Waals surface area contributed by atoms with Crippen molar-refractivity contribution in [3.63, 3.8) is 0 Å². The molecule has 0 bridgehead atoms. The number of nitrogens with zero attached hydrogens (tertiary/aromatic N) is 1. The van der Waals surface area contributed by atoms with Crippen molar-refractivity contribution in [3.8, 4) is 11.3 Å². The first-order valence-electron chi connectivity index (χ1n) is 5.62. The standard InChI is InChI=1S/C13H10N4O2/c14-8-3-1-2-7(6-8)10-11-9(4-5-15-10)12(18)17-13(19)16-11/h1-6H,14H2,(H2,16,17,18,19). The second-order valence-electron chi connectivity index (χ2n) is 4.12. The number of aromatic nitrogens is 3. The van der Waals surface area contributed by atoms with Crippen molar-refractivity contribution in [1.82, 2.24) is 15.0 Å². The molecule has 6 nitrogen and oxygen atoms in total. The summed E-state index contributed by atoms with van der Waals surface area (Å²) in [5.74, 6) is 0. The van der Waals surface area contributed by atoms with Crippen molar-refractivity contribution >= 4 is 16.6 Å². The van der Waals surface area contributed by atoms with E-state index in [1.54, 1.807) is 24.3 Å². The number of nitrogen functional groups attached to an aromatic ring is 1. The molecule has 3 aromatic rings. The molecule has 0 fully saturated rings. The molecule has 0 unspecified atom stereocenters. The molecule has 4 N–H and O–H groups in total. The number of benzene rings is 1. The highest BCUT2D eigenvalue weighted by molar-refractivity contribution is 5.90. The molecule has 0 aliphatic heterocycles. The van der Waals surface area contributed by atoms with Crippen LogP contribution in [-0.4, -0.2) is 15.0 Å². The van der Waals surface area contributed by atoms with Gasteiger partial charge in [0, 0.05) is 17.4 Å². The van der Waals surface area contributed by atoms with Crippen LogP contribution in [0.1, 0.15) is 0 Å². The number of hydrogen-bond donors (Lipinski definition) is 3. The fraction of sp³-hybridized carbons (Fsp3) is 0. The molecule has 1 aromatic carbocycles. The summed E-state index contributed by atoms with van der Waals surface area (Å²) in [5, 5.41) is 0.382. The second-order valence-corrected chi connectivity index (χ2v) is 4.12. The monoisotopic (exact) mass is 254 g/mol. The highest BCUT2D eigenvalue weighted by Gasteiger charge is 2.09. The number of anilines is 1. The molecular weight excluding hydrogens is 244 g/mol. The van der Waals surface area contributed by atoms with Crippen molar-refractivity contribution in [3.05, 3.63) is 57.4 Å². The molecule has 0 aliphatic carbocycles. The minimum atomic E-state index is -0.560. The number of fused-ring (bicyclic) bond motifs is 1. The SMILES string of the molecule is Nc1cccc(-c2nccc3c(=O)[nH]c(=O)[nH]c23)c1. The van der Waals surface area contributed by atoms with Gasteiger partial charge in [0.15, 0.2) is 0 Å². The van der Waals surface area contributed by atoms with Crippen LogP contribution in [0.5, 0.6) is 0 Å². The molecule has 0 saturated carbocycles. The first-order chi connectivity index (χ1) is 9.15. The highest BCUT2D eigenvalue weighted by atomic mass is 16.2. The third kappa shape index (κ3) is 1.89. The predicted molar refractivity (Wildman–Crippen MR) is 72.8 cm³/mol. The van der Waals surface area contributed by atoms with E-state index in [1.807, 2.05) is 6.07 Å². The Kier molecular flexibility index (Phi) is 2.42. The van der Waals surface area contributed by atoms with Gasteiger partial charge in [0.1, 0.15) is 0 Å². The van der Waals surface area contributed by atoms with Crippen LogP contribution in [0.25, 0.3) is 22.2 Å². The van der Waals surface area contributed by atoms with Crippen LogP contribution in [-0.2, 0) is 0 Å². The van der Waals surface area contributed by atoms with Crippen LogP contribution >= 0.6 is 0 Å². The fourth-order valence-electron chi connectivity index (χ4n) is 2.00. The Labute approximate surface area is 106 Å². The minimum absolute atomic E-state index is 0.382. The lowest BCUT2D eigenvalue weighted by atomic mass is 10.1. The Hall–Kier alpha value is -2.89. The number of H-pyrrole nitrogens is 2. The normalized spacial score (nSPS) is 10.7. The number of nitrogens with one attached hydrogen (secondary N) is 2. The molecule has 94 valence electrons. The van der Waals surface area contributed by atoms with Gasteiger partial charge in [0.2, 0.25) is 0 Å². The number of aromatic amines is 2. The van der Waals surface area contributed by atoms with Crippen LogP contribution in [0.2, 0.25) is 0 Å². The van der Waals surface area contributed by atoms with Gasteiger partial charge < -0.3 is 10.7 Å². The molecule has 3 rings (SSSR count). The third-order valence-electron chi connectivity index (χ3n) is 2.82. The summed E-state index contributed by atoms with van der Waals surface area (Å²) in [4.78, 5) is 32.1. The van der Waals surface area contributed by atoms with E-state index in [0.717, 1.165) is 5.56 Å². The van der Waals surface area contributed by atoms with Gasteiger partial charge in [0.25, 0.3) is 5.56 Å². The van der Waals surface area contributed by atoms with Gasteiger partial charge in [-0.25, -0.2) is 4.79 Å². The zero-order valence-corrected chi connectivity index (χ0v) is 9.81. The van der Waals surface area contributed by atoms with Crippen molar-refractivity contribution in [2.75, 3.05) is 5.73 Å². The summed E-state index contributed by atoms with van der Waals surface area (Å²) in [6, 6.07) is 8.65. The minimum Gasteiger partial charge on any atom is -0.399 e. The maximum Gasteiger partial charge on any atom is 0.326 e. The molecule has 0 atom stereocenters. The Morgan fingerprint density at radius 2 is 1.95 bits per heavy atom. The molecule has 0 aliphatic rings. The van der Waals surface area contributed by atoms with Crippen LogP contribution in [0.4, 0.5) is 5.69 Å². The molecule has 0 spiro atoms. The van der Waals surface area contributed by atoms with E-state index in [2.05, 4.69) is 15.0 Å². The first kappa shape index (κ1) is 11.2. The Balaban J connectivity index is 2.42. The van der Waals surface area contributed by atoms with Crippen LogP contribution in [0, 0.1) is 0 Å². The van der Waals surface area contributed by atoms with Gasteiger partial charge in [-0.2, -0.15) is 0 Å². The lowest BCUT2D eigenvalue weighted by Gasteiger charge is -2.05. The van der Waals surface area contributed by atoms with Crippen LogP contribution in [0.15, 0.2) is 46.1 Å². The number of rotatable bonds is 1. The summed E-state index contributed by atoms with van der Waals surface area (Å²) in [6.07, 6.45) is 1.52. The Morgan fingerprint density at radius 1 is 1.11 bits per heavy atom. The van der Waals surface area contributed by atoms with Gasteiger partial charge in [0.05, 0.1) is 16.6 Å². The van der Waals surface area contributed by atoms with Crippen LogP contribution < -0.4 is 17.0 Å². The van der Waals surface area contributed by atoms with Crippen molar-refractivity contribution in [2.24, 2.45) is 0 Å². The van der Waals surface area contributed by atoms with E-state index in [0.29, 0.717) is 22.3 Å². The molecule has 0 saturated heterocycles. The maximum atomic E-state index is 11.7. The molecule has 0 radical (unpaired) electrons. The number of nitrogens with two attached hydrogens (primary N) is 1.